The van der Waals surface area contributed by atoms with E-state index >= 15 is 0 Å². The Bertz CT molecular complexity index is 1040. The van der Waals surface area contributed by atoms with Crippen LogP contribution in [0.3, 0.4) is 0 Å². The van der Waals surface area contributed by atoms with Gasteiger partial charge in [0.2, 0.25) is 10.0 Å². The molecule has 6 nitrogen and oxygen atoms in total. The highest BCUT2D eigenvalue weighted by Gasteiger charge is 2.30. The van der Waals surface area contributed by atoms with E-state index in [0.717, 1.165) is 11.1 Å². The molecule has 0 saturated carbocycles. The summed E-state index contributed by atoms with van der Waals surface area (Å²) in [5.41, 5.74) is 2.12. The summed E-state index contributed by atoms with van der Waals surface area (Å²) in [5.74, 6) is 0.202. The van der Waals surface area contributed by atoms with Crippen LogP contribution in [0.15, 0.2) is 52.3 Å². The number of hydrogen-bond acceptors (Lipinski definition) is 4. The highest BCUT2D eigenvalue weighted by molar-refractivity contribution is 7.92. The molecule has 0 saturated heterocycles. The Morgan fingerprint density at radius 2 is 1.73 bits per heavy atom. The lowest BCUT2D eigenvalue weighted by atomic mass is 10.0. The number of sulfonamides is 2. The lowest BCUT2D eigenvalue weighted by Gasteiger charge is -2.31. The van der Waals surface area contributed by atoms with Crippen molar-refractivity contribution in [2.45, 2.75) is 42.4 Å². The van der Waals surface area contributed by atoms with E-state index in [-0.39, 0.29) is 15.7 Å². The van der Waals surface area contributed by atoms with Gasteiger partial charge in [0.05, 0.1) is 15.5 Å². The minimum Gasteiger partial charge on any atom is -0.266 e. The van der Waals surface area contributed by atoms with Gasteiger partial charge in [-0.1, -0.05) is 32.0 Å². The third-order valence-electron chi connectivity index (χ3n) is 4.57. The lowest BCUT2D eigenvalue weighted by molar-refractivity contribution is 0.585. The number of rotatable bonds is 4. The molecule has 0 aliphatic carbocycles. The van der Waals surface area contributed by atoms with Gasteiger partial charge in [0, 0.05) is 6.54 Å². The van der Waals surface area contributed by atoms with Crippen molar-refractivity contribution in [1.82, 2.24) is 0 Å². The molecule has 2 aromatic carbocycles. The van der Waals surface area contributed by atoms with Crippen molar-refractivity contribution in [3.05, 3.63) is 53.6 Å². The van der Waals surface area contributed by atoms with E-state index in [0.29, 0.717) is 25.1 Å². The van der Waals surface area contributed by atoms with Gasteiger partial charge in [-0.3, -0.25) is 4.31 Å². The summed E-state index contributed by atoms with van der Waals surface area (Å²) in [4.78, 5) is 0.117. The fraction of sp³-hybridized carbons (Fsp3) is 0.333. The second-order valence-corrected chi connectivity index (χ2v) is 10.2. The van der Waals surface area contributed by atoms with Crippen LogP contribution < -0.4 is 9.44 Å². The predicted octanol–water partition coefficient (Wildman–Crippen LogP) is 2.60. The Morgan fingerprint density at radius 3 is 2.38 bits per heavy atom. The topological polar surface area (TPSA) is 97.5 Å². The van der Waals surface area contributed by atoms with Gasteiger partial charge in [0.1, 0.15) is 0 Å². The zero-order chi connectivity index (χ0) is 19.1. The van der Waals surface area contributed by atoms with Crippen LogP contribution in [0.4, 0.5) is 5.69 Å². The Labute approximate surface area is 154 Å². The van der Waals surface area contributed by atoms with E-state index in [1.807, 2.05) is 19.9 Å². The normalized spacial score (nSPS) is 15.2. The monoisotopic (exact) mass is 394 g/mol. The van der Waals surface area contributed by atoms with Gasteiger partial charge in [-0.05, 0) is 54.2 Å². The molecule has 0 unspecified atom stereocenters. The number of benzene rings is 2. The van der Waals surface area contributed by atoms with Crippen molar-refractivity contribution in [3.63, 3.8) is 0 Å². The van der Waals surface area contributed by atoms with E-state index in [4.69, 9.17) is 5.14 Å². The molecule has 26 heavy (non-hydrogen) atoms. The minimum absolute atomic E-state index is 0.0886. The van der Waals surface area contributed by atoms with E-state index in [2.05, 4.69) is 0 Å². The molecule has 1 heterocycles. The second kappa shape index (κ2) is 6.68. The summed E-state index contributed by atoms with van der Waals surface area (Å²) in [6, 6.07) is 11.3. The van der Waals surface area contributed by atoms with Crippen LogP contribution >= 0.6 is 0 Å². The van der Waals surface area contributed by atoms with Gasteiger partial charge in [-0.2, -0.15) is 0 Å². The van der Waals surface area contributed by atoms with Gasteiger partial charge >= 0.3 is 0 Å². The maximum Gasteiger partial charge on any atom is 0.264 e. The molecule has 1 aliphatic rings. The molecule has 0 bridgehead atoms. The van der Waals surface area contributed by atoms with Crippen LogP contribution in [0.1, 0.15) is 37.3 Å². The number of nitrogens with zero attached hydrogens (tertiary/aromatic N) is 1. The van der Waals surface area contributed by atoms with Gasteiger partial charge in [-0.15, -0.1) is 0 Å². The Hall–Kier alpha value is -1.90. The van der Waals surface area contributed by atoms with Crippen LogP contribution in [0.2, 0.25) is 0 Å². The number of hydrogen-bond donors (Lipinski definition) is 1. The summed E-state index contributed by atoms with van der Waals surface area (Å²) in [6.45, 7) is 4.30. The molecule has 3 rings (SSSR count). The van der Waals surface area contributed by atoms with E-state index in [9.17, 15) is 16.8 Å². The molecule has 0 atom stereocenters. The fourth-order valence-corrected chi connectivity index (χ4v) is 5.23. The first kappa shape index (κ1) is 18.9. The van der Waals surface area contributed by atoms with Crippen molar-refractivity contribution < 1.29 is 16.8 Å². The van der Waals surface area contributed by atoms with E-state index in [1.165, 1.54) is 16.4 Å². The Balaban J connectivity index is 2.12. The lowest BCUT2D eigenvalue weighted by Crippen LogP contribution is -2.35. The van der Waals surface area contributed by atoms with Crippen LogP contribution in [0.5, 0.6) is 0 Å². The Morgan fingerprint density at radius 1 is 1.00 bits per heavy atom. The molecule has 2 aromatic rings. The van der Waals surface area contributed by atoms with Crippen molar-refractivity contribution in [2.24, 2.45) is 5.14 Å². The average molecular weight is 395 g/mol. The quantitative estimate of drug-likeness (QED) is 0.862. The third-order valence-corrected chi connectivity index (χ3v) is 7.29. The maximum absolute atomic E-state index is 13.2. The molecule has 0 spiro atoms. The smallest absolute Gasteiger partial charge is 0.264 e. The zero-order valence-electron chi connectivity index (χ0n) is 14.7. The zero-order valence-corrected chi connectivity index (χ0v) is 16.3. The van der Waals surface area contributed by atoms with Crippen molar-refractivity contribution >= 4 is 25.7 Å². The predicted molar refractivity (Wildman–Crippen MR) is 101 cm³/mol. The molecular weight excluding hydrogens is 372 g/mol. The van der Waals surface area contributed by atoms with Crippen molar-refractivity contribution in [2.75, 3.05) is 10.8 Å². The number of aryl methyl sites for hydroxylation is 1. The molecular formula is C18H22N2O4S2. The van der Waals surface area contributed by atoms with Crippen LogP contribution in [-0.4, -0.2) is 23.4 Å². The minimum atomic E-state index is -3.91. The highest BCUT2D eigenvalue weighted by atomic mass is 32.2. The molecule has 0 amide bonds. The number of anilines is 1. The molecule has 1 aliphatic heterocycles. The maximum atomic E-state index is 13.2. The largest absolute Gasteiger partial charge is 0.266 e. The van der Waals surface area contributed by atoms with E-state index in [1.54, 1.807) is 24.3 Å². The average Bonchev–Trinajstić information content (AvgIpc) is 2.60. The number of nitrogens with two attached hydrogens (primary N) is 1. The molecule has 0 aromatic heterocycles. The first-order chi connectivity index (χ1) is 12.1. The van der Waals surface area contributed by atoms with E-state index < -0.39 is 20.0 Å². The first-order valence-corrected chi connectivity index (χ1v) is 11.4. The second-order valence-electron chi connectivity index (χ2n) is 6.74. The number of fused-ring (bicyclic) bond motifs is 1. The van der Waals surface area contributed by atoms with Crippen LogP contribution in [0.25, 0.3) is 0 Å². The van der Waals surface area contributed by atoms with Gasteiger partial charge in [0.25, 0.3) is 10.0 Å². The standard InChI is InChI=1S/C18H22N2O4S2/c1-13(2)15-5-3-7-17(11-15)26(23,24)20-10-4-6-14-8-9-16(12-18(14)20)25(19,21)22/h3,5,7-9,11-13H,4,6,10H2,1-2H3,(H2,19,21,22). The van der Waals surface area contributed by atoms with Gasteiger partial charge < -0.3 is 0 Å². The van der Waals surface area contributed by atoms with Gasteiger partial charge in [0.15, 0.2) is 0 Å². The van der Waals surface area contributed by atoms with Crippen LogP contribution in [-0.2, 0) is 26.5 Å². The molecule has 140 valence electrons. The summed E-state index contributed by atoms with van der Waals surface area (Å²) in [7, 11) is -7.71. The highest BCUT2D eigenvalue weighted by Crippen LogP contribution is 2.34. The summed E-state index contributed by atoms with van der Waals surface area (Å²) in [6.07, 6.45) is 1.36. The van der Waals surface area contributed by atoms with Crippen molar-refractivity contribution in [3.8, 4) is 0 Å². The molecule has 2 N–H and O–H groups in total. The van der Waals surface area contributed by atoms with Gasteiger partial charge in [-0.25, -0.2) is 22.0 Å². The Kier molecular flexibility index (Phi) is 4.85. The van der Waals surface area contributed by atoms with Crippen LogP contribution in [0, 0.1) is 0 Å². The number of primary sulfonamides is 1. The SMILES string of the molecule is CC(C)c1cccc(S(=O)(=O)N2CCCc3ccc(S(N)(=O)=O)cc32)c1. The fourth-order valence-electron chi connectivity index (χ4n) is 3.11. The third kappa shape index (κ3) is 3.49. The summed E-state index contributed by atoms with van der Waals surface area (Å²) >= 11 is 0. The summed E-state index contributed by atoms with van der Waals surface area (Å²) < 4.78 is 51.1. The molecule has 8 heteroatoms. The molecule has 0 radical (unpaired) electrons. The first-order valence-electron chi connectivity index (χ1n) is 8.39. The summed E-state index contributed by atoms with van der Waals surface area (Å²) in [5, 5.41) is 5.21. The molecule has 0 fully saturated rings. The van der Waals surface area contributed by atoms with Crippen molar-refractivity contribution in [1.29, 1.82) is 0 Å².